The molecule has 2 aliphatic heterocycles. The van der Waals surface area contributed by atoms with Crippen molar-refractivity contribution >= 4 is 11.8 Å². The second kappa shape index (κ2) is 7.12. The first-order chi connectivity index (χ1) is 13.5. The molecule has 0 N–H and O–H groups in total. The minimum Gasteiger partial charge on any atom is -0.356 e. The van der Waals surface area contributed by atoms with E-state index in [-0.39, 0.29) is 29.7 Å². The van der Waals surface area contributed by atoms with Gasteiger partial charge in [0.1, 0.15) is 11.6 Å². The Kier molecular flexibility index (Phi) is 4.63. The van der Waals surface area contributed by atoms with Crippen molar-refractivity contribution in [2.24, 2.45) is 11.8 Å². The molecule has 0 saturated carbocycles. The van der Waals surface area contributed by atoms with E-state index in [0.717, 1.165) is 17.9 Å². The van der Waals surface area contributed by atoms with Gasteiger partial charge in [-0.15, -0.1) is 0 Å². The van der Waals surface area contributed by atoms with Crippen LogP contribution in [0.15, 0.2) is 42.6 Å². The van der Waals surface area contributed by atoms with Crippen LogP contribution >= 0.6 is 0 Å². The smallest absolute Gasteiger partial charge is 0.320 e. The number of pyridine rings is 1. The molecule has 1 aromatic heterocycles. The summed E-state index contributed by atoms with van der Waals surface area (Å²) in [7, 11) is 3.48. The second-order valence-electron chi connectivity index (χ2n) is 7.67. The Hall–Kier alpha value is -3.14. The summed E-state index contributed by atoms with van der Waals surface area (Å²) >= 11 is 0. The summed E-state index contributed by atoms with van der Waals surface area (Å²) in [4.78, 5) is 22.8. The molecule has 0 bridgehead atoms. The van der Waals surface area contributed by atoms with E-state index in [9.17, 15) is 9.18 Å². The van der Waals surface area contributed by atoms with E-state index >= 15 is 0 Å². The largest absolute Gasteiger partial charge is 0.356 e. The molecule has 0 unspecified atom stereocenters. The Morgan fingerprint density at radius 2 is 2.07 bits per heavy atom. The first kappa shape index (κ1) is 18.2. The number of halogens is 1. The van der Waals surface area contributed by atoms with Gasteiger partial charge >= 0.3 is 6.03 Å². The second-order valence-corrected chi connectivity index (χ2v) is 7.67. The maximum atomic E-state index is 13.9. The van der Waals surface area contributed by atoms with Gasteiger partial charge in [-0.1, -0.05) is 12.1 Å². The van der Waals surface area contributed by atoms with Crippen molar-refractivity contribution in [1.82, 2.24) is 14.8 Å². The highest BCUT2D eigenvalue weighted by molar-refractivity contribution is 5.75. The maximum Gasteiger partial charge on any atom is 0.320 e. The van der Waals surface area contributed by atoms with Crippen molar-refractivity contribution < 1.29 is 9.18 Å². The molecule has 3 heterocycles. The van der Waals surface area contributed by atoms with Crippen LogP contribution in [-0.4, -0.2) is 54.5 Å². The summed E-state index contributed by atoms with van der Waals surface area (Å²) in [5, 5.41) is 9.15. The summed E-state index contributed by atoms with van der Waals surface area (Å²) in [5.74, 6) is 0.927. The van der Waals surface area contributed by atoms with Crippen LogP contribution in [0.2, 0.25) is 0 Å². The number of rotatable bonds is 2. The van der Waals surface area contributed by atoms with Crippen molar-refractivity contribution in [1.29, 1.82) is 5.26 Å². The van der Waals surface area contributed by atoms with Crippen LogP contribution in [0.1, 0.15) is 17.2 Å². The molecule has 1 aromatic carbocycles. The van der Waals surface area contributed by atoms with Crippen molar-refractivity contribution in [2.45, 2.75) is 6.04 Å². The van der Waals surface area contributed by atoms with Crippen LogP contribution in [0.5, 0.6) is 0 Å². The van der Waals surface area contributed by atoms with Gasteiger partial charge < -0.3 is 14.7 Å². The van der Waals surface area contributed by atoms with Gasteiger partial charge in [-0.05, 0) is 29.8 Å². The molecule has 0 radical (unpaired) electrons. The number of anilines is 1. The lowest BCUT2D eigenvalue weighted by atomic mass is 9.89. The number of hydrogen-bond donors (Lipinski definition) is 0. The molecule has 4 rings (SSSR count). The lowest BCUT2D eigenvalue weighted by molar-refractivity contribution is 0.159. The SMILES string of the molecule is CN(C)C(=O)N1C[C@H]2CN(c3cc(C#N)ccn3)C[C@H]2[C@@H]1c1cccc(F)c1. The Bertz CT molecular complexity index is 940. The third kappa shape index (κ3) is 3.15. The molecule has 2 saturated heterocycles. The molecule has 0 aliphatic carbocycles. The fourth-order valence-electron chi connectivity index (χ4n) is 4.46. The zero-order valence-corrected chi connectivity index (χ0v) is 15.9. The van der Waals surface area contributed by atoms with Crippen LogP contribution in [0.4, 0.5) is 15.0 Å². The molecule has 6 nitrogen and oxygen atoms in total. The van der Waals surface area contributed by atoms with E-state index in [1.54, 1.807) is 43.4 Å². The number of fused-ring (bicyclic) bond motifs is 1. The Morgan fingerprint density at radius 1 is 1.25 bits per heavy atom. The average molecular weight is 379 g/mol. The predicted octanol–water partition coefficient (Wildman–Crippen LogP) is 2.88. The number of likely N-dealkylation sites (tertiary alicyclic amines) is 1. The molecule has 2 aliphatic rings. The maximum absolute atomic E-state index is 13.9. The van der Waals surface area contributed by atoms with Gasteiger partial charge in [0.15, 0.2) is 0 Å². The number of nitrogens with zero attached hydrogens (tertiary/aromatic N) is 5. The van der Waals surface area contributed by atoms with Gasteiger partial charge in [-0.25, -0.2) is 14.2 Å². The molecule has 2 fully saturated rings. The lowest BCUT2D eigenvalue weighted by Crippen LogP contribution is -2.41. The van der Waals surface area contributed by atoms with Crippen molar-refractivity contribution in [3.63, 3.8) is 0 Å². The fourth-order valence-corrected chi connectivity index (χ4v) is 4.46. The summed E-state index contributed by atoms with van der Waals surface area (Å²) in [5.41, 5.74) is 1.40. The van der Waals surface area contributed by atoms with Crippen LogP contribution in [0, 0.1) is 29.0 Å². The highest BCUT2D eigenvalue weighted by atomic mass is 19.1. The molecular formula is C21H22FN5O. The number of hydrogen-bond acceptors (Lipinski definition) is 4. The first-order valence-electron chi connectivity index (χ1n) is 9.32. The Balaban J connectivity index is 1.65. The monoisotopic (exact) mass is 379 g/mol. The van der Waals surface area contributed by atoms with Gasteiger partial charge in [0.05, 0.1) is 17.7 Å². The number of carbonyl (C=O) groups excluding carboxylic acids is 1. The third-order valence-electron chi connectivity index (χ3n) is 5.68. The lowest BCUT2D eigenvalue weighted by Gasteiger charge is -2.32. The zero-order valence-electron chi connectivity index (χ0n) is 15.9. The summed E-state index contributed by atoms with van der Waals surface area (Å²) in [6.07, 6.45) is 1.65. The van der Waals surface area contributed by atoms with Gasteiger partial charge in [0.25, 0.3) is 0 Å². The number of nitriles is 1. The summed E-state index contributed by atoms with van der Waals surface area (Å²) < 4.78 is 13.9. The molecule has 2 amide bonds. The minimum atomic E-state index is -0.295. The van der Waals surface area contributed by atoms with Gasteiger partial charge in [-0.2, -0.15) is 5.26 Å². The van der Waals surface area contributed by atoms with Crippen molar-refractivity contribution in [2.75, 3.05) is 38.6 Å². The number of aromatic nitrogens is 1. The van der Waals surface area contributed by atoms with E-state index in [1.165, 1.54) is 12.1 Å². The number of carbonyl (C=O) groups is 1. The molecule has 28 heavy (non-hydrogen) atoms. The molecular weight excluding hydrogens is 357 g/mol. The number of benzene rings is 1. The summed E-state index contributed by atoms with van der Waals surface area (Å²) in [6.45, 7) is 2.10. The highest BCUT2D eigenvalue weighted by Gasteiger charge is 2.49. The number of urea groups is 1. The highest BCUT2D eigenvalue weighted by Crippen LogP contribution is 2.46. The van der Waals surface area contributed by atoms with E-state index < -0.39 is 0 Å². The van der Waals surface area contributed by atoms with E-state index in [2.05, 4.69) is 16.0 Å². The van der Waals surface area contributed by atoms with Gasteiger partial charge in [0, 0.05) is 51.8 Å². The Morgan fingerprint density at radius 3 is 2.79 bits per heavy atom. The van der Waals surface area contributed by atoms with Crippen LogP contribution in [0.25, 0.3) is 0 Å². The fraction of sp³-hybridized carbons (Fsp3) is 0.381. The normalized spacial score (nSPS) is 23.4. The quantitative estimate of drug-likeness (QED) is 0.805. The predicted molar refractivity (Wildman–Crippen MR) is 103 cm³/mol. The summed E-state index contributed by atoms with van der Waals surface area (Å²) in [6, 6.07) is 11.9. The molecule has 2 aromatic rings. The first-order valence-corrected chi connectivity index (χ1v) is 9.32. The van der Waals surface area contributed by atoms with Crippen LogP contribution in [0.3, 0.4) is 0 Å². The molecule has 3 atom stereocenters. The van der Waals surface area contributed by atoms with Gasteiger partial charge in [-0.3, -0.25) is 0 Å². The average Bonchev–Trinajstić information content (AvgIpc) is 3.25. The standard InChI is InChI=1S/C21H22FN5O/c1-25(2)21(28)27-12-16-11-26(19-8-14(10-23)6-7-24-19)13-18(16)20(27)15-4-3-5-17(22)9-15/h3-9,16,18,20H,11-13H2,1-2H3/t16-,18-,20+/m1/s1. The van der Waals surface area contributed by atoms with Crippen LogP contribution in [-0.2, 0) is 0 Å². The molecule has 7 heteroatoms. The van der Waals surface area contributed by atoms with E-state index in [4.69, 9.17) is 5.26 Å². The topological polar surface area (TPSA) is 63.5 Å². The number of amides is 2. The van der Waals surface area contributed by atoms with Crippen LogP contribution < -0.4 is 4.90 Å². The minimum absolute atomic E-state index is 0.0557. The van der Waals surface area contributed by atoms with E-state index in [0.29, 0.717) is 18.7 Å². The van der Waals surface area contributed by atoms with Gasteiger partial charge in [0.2, 0.25) is 0 Å². The molecule has 144 valence electrons. The zero-order chi connectivity index (χ0) is 19.8. The van der Waals surface area contributed by atoms with Crippen molar-refractivity contribution in [3.8, 4) is 6.07 Å². The Labute approximate surface area is 163 Å². The third-order valence-corrected chi connectivity index (χ3v) is 5.68. The van der Waals surface area contributed by atoms with Crippen molar-refractivity contribution in [3.05, 3.63) is 59.5 Å². The van der Waals surface area contributed by atoms with E-state index in [1.807, 2.05) is 11.0 Å². The molecule has 0 spiro atoms.